The molecule has 2 nitrogen and oxygen atoms in total. The second-order valence-electron chi connectivity index (χ2n) is 5.09. The first-order chi connectivity index (χ1) is 10.1. The van der Waals surface area contributed by atoms with Crippen molar-refractivity contribution in [2.45, 2.75) is 26.7 Å². The maximum absolute atomic E-state index is 12.1. The average Bonchev–Trinajstić information content (AvgIpc) is 2.47. The van der Waals surface area contributed by atoms with Crippen molar-refractivity contribution >= 4 is 21.7 Å². The topological polar surface area (TPSA) is 26.3 Å². The third kappa shape index (κ3) is 4.43. The number of rotatable bonds is 6. The fraction of sp³-hybridized carbons (Fsp3) is 0.278. The van der Waals surface area contributed by atoms with E-state index in [2.05, 4.69) is 22.9 Å². The van der Waals surface area contributed by atoms with Gasteiger partial charge in [-0.15, -0.1) is 0 Å². The standard InChI is InChI=1S/C18H19BrO2/c1-3-4-14-6-8-15(9-7-14)17(20)12-21-18-10-5-13(2)11-16(18)19/h5-11H,3-4,12H2,1-2H3. The van der Waals surface area contributed by atoms with Gasteiger partial charge in [0.15, 0.2) is 12.4 Å². The summed E-state index contributed by atoms with van der Waals surface area (Å²) in [6.07, 6.45) is 2.15. The molecule has 0 amide bonds. The fourth-order valence-electron chi connectivity index (χ4n) is 2.10. The van der Waals surface area contributed by atoms with Gasteiger partial charge in [0.2, 0.25) is 0 Å². The molecule has 0 atom stereocenters. The molecule has 0 aromatic heterocycles. The van der Waals surface area contributed by atoms with Gasteiger partial charge in [-0.25, -0.2) is 0 Å². The Labute approximate surface area is 134 Å². The lowest BCUT2D eigenvalue weighted by Crippen LogP contribution is -2.11. The Morgan fingerprint density at radius 1 is 1.14 bits per heavy atom. The number of benzene rings is 2. The number of carbonyl (C=O) groups excluding carboxylic acids is 1. The van der Waals surface area contributed by atoms with Gasteiger partial charge in [0.1, 0.15) is 5.75 Å². The lowest BCUT2D eigenvalue weighted by Gasteiger charge is -2.08. The Bertz CT molecular complexity index is 618. The highest BCUT2D eigenvalue weighted by molar-refractivity contribution is 9.10. The van der Waals surface area contributed by atoms with Crippen LogP contribution in [0.4, 0.5) is 0 Å². The molecule has 21 heavy (non-hydrogen) atoms. The highest BCUT2D eigenvalue weighted by Crippen LogP contribution is 2.25. The molecule has 0 aliphatic carbocycles. The third-order valence-electron chi connectivity index (χ3n) is 3.26. The molecule has 2 aromatic rings. The number of hydrogen-bond donors (Lipinski definition) is 0. The molecule has 0 fully saturated rings. The first-order valence-electron chi connectivity index (χ1n) is 7.11. The summed E-state index contributed by atoms with van der Waals surface area (Å²) < 4.78 is 6.46. The second-order valence-corrected chi connectivity index (χ2v) is 5.95. The SMILES string of the molecule is CCCc1ccc(C(=O)COc2ccc(C)cc2Br)cc1. The molecule has 0 radical (unpaired) electrons. The zero-order valence-electron chi connectivity index (χ0n) is 12.4. The number of Topliss-reactive ketones (excluding diaryl/α,β-unsaturated/α-hetero) is 1. The molecule has 2 rings (SSSR count). The Morgan fingerprint density at radius 3 is 2.48 bits per heavy atom. The first-order valence-corrected chi connectivity index (χ1v) is 7.90. The molecule has 0 bridgehead atoms. The molecule has 110 valence electrons. The minimum Gasteiger partial charge on any atom is -0.484 e. The summed E-state index contributed by atoms with van der Waals surface area (Å²) in [4.78, 5) is 12.1. The molecular weight excluding hydrogens is 328 g/mol. The largest absolute Gasteiger partial charge is 0.484 e. The van der Waals surface area contributed by atoms with Crippen molar-refractivity contribution in [2.75, 3.05) is 6.61 Å². The van der Waals surface area contributed by atoms with Crippen molar-refractivity contribution in [1.29, 1.82) is 0 Å². The van der Waals surface area contributed by atoms with Crippen molar-refractivity contribution in [1.82, 2.24) is 0 Å². The van der Waals surface area contributed by atoms with Crippen molar-refractivity contribution < 1.29 is 9.53 Å². The Kier molecular flexibility index (Phi) is 5.57. The number of halogens is 1. The van der Waals surface area contributed by atoms with Crippen molar-refractivity contribution in [3.63, 3.8) is 0 Å². The molecule has 0 aliphatic heterocycles. The zero-order chi connectivity index (χ0) is 15.2. The summed E-state index contributed by atoms with van der Waals surface area (Å²) in [5, 5.41) is 0. The summed E-state index contributed by atoms with van der Waals surface area (Å²) in [6.45, 7) is 4.21. The molecule has 0 unspecified atom stereocenters. The van der Waals surface area contributed by atoms with Crippen LogP contribution in [0.15, 0.2) is 46.9 Å². The van der Waals surface area contributed by atoms with Crippen LogP contribution in [0.2, 0.25) is 0 Å². The van der Waals surface area contributed by atoms with E-state index in [4.69, 9.17) is 4.74 Å². The van der Waals surface area contributed by atoms with Crippen LogP contribution in [0.3, 0.4) is 0 Å². The number of ketones is 1. The van der Waals surface area contributed by atoms with E-state index in [1.54, 1.807) is 0 Å². The van der Waals surface area contributed by atoms with E-state index in [1.807, 2.05) is 49.4 Å². The summed E-state index contributed by atoms with van der Waals surface area (Å²) in [6, 6.07) is 13.6. The van der Waals surface area contributed by atoms with Gasteiger partial charge in [-0.05, 0) is 52.5 Å². The van der Waals surface area contributed by atoms with Crippen molar-refractivity contribution in [3.05, 3.63) is 63.6 Å². The lowest BCUT2D eigenvalue weighted by atomic mass is 10.1. The second kappa shape index (κ2) is 7.41. The van der Waals surface area contributed by atoms with E-state index in [0.29, 0.717) is 11.3 Å². The fourth-order valence-corrected chi connectivity index (χ4v) is 2.70. The minimum atomic E-state index is -0.00877. The van der Waals surface area contributed by atoms with Crippen LogP contribution in [0.5, 0.6) is 5.75 Å². The van der Waals surface area contributed by atoms with Crippen LogP contribution in [0, 0.1) is 6.92 Å². The first kappa shape index (κ1) is 15.8. The Morgan fingerprint density at radius 2 is 1.86 bits per heavy atom. The van der Waals surface area contributed by atoms with E-state index in [0.717, 1.165) is 22.9 Å². The quantitative estimate of drug-likeness (QED) is 0.690. The molecule has 0 saturated carbocycles. The average molecular weight is 347 g/mol. The predicted molar refractivity (Wildman–Crippen MR) is 89.1 cm³/mol. The monoisotopic (exact) mass is 346 g/mol. The maximum Gasteiger partial charge on any atom is 0.200 e. The smallest absolute Gasteiger partial charge is 0.200 e. The summed E-state index contributed by atoms with van der Waals surface area (Å²) in [5.74, 6) is 0.682. The Balaban J connectivity index is 1.98. The van der Waals surface area contributed by atoms with Crippen molar-refractivity contribution in [3.8, 4) is 5.75 Å². The molecule has 0 aliphatic rings. The van der Waals surface area contributed by atoms with Crippen LogP contribution < -0.4 is 4.74 Å². The van der Waals surface area contributed by atoms with Gasteiger partial charge in [0, 0.05) is 5.56 Å². The molecule has 0 N–H and O–H groups in total. The molecule has 2 aromatic carbocycles. The molecule has 0 saturated heterocycles. The zero-order valence-corrected chi connectivity index (χ0v) is 13.9. The van der Waals surface area contributed by atoms with E-state index < -0.39 is 0 Å². The molecule has 3 heteroatoms. The Hall–Kier alpha value is -1.61. The van der Waals surface area contributed by atoms with Gasteiger partial charge in [-0.1, -0.05) is 43.7 Å². The minimum absolute atomic E-state index is 0.00877. The van der Waals surface area contributed by atoms with Crippen LogP contribution in [-0.4, -0.2) is 12.4 Å². The number of hydrogen-bond acceptors (Lipinski definition) is 2. The summed E-state index contributed by atoms with van der Waals surface area (Å²) in [7, 11) is 0. The van der Waals surface area contributed by atoms with Gasteiger partial charge in [0.25, 0.3) is 0 Å². The van der Waals surface area contributed by atoms with Crippen LogP contribution in [0.25, 0.3) is 0 Å². The van der Waals surface area contributed by atoms with Gasteiger partial charge >= 0.3 is 0 Å². The normalized spacial score (nSPS) is 10.4. The van der Waals surface area contributed by atoms with Crippen LogP contribution in [-0.2, 0) is 6.42 Å². The van der Waals surface area contributed by atoms with E-state index in [-0.39, 0.29) is 12.4 Å². The molecule has 0 spiro atoms. The lowest BCUT2D eigenvalue weighted by molar-refractivity contribution is 0.0921. The van der Waals surface area contributed by atoms with Gasteiger partial charge < -0.3 is 4.74 Å². The van der Waals surface area contributed by atoms with E-state index in [1.165, 1.54) is 5.56 Å². The van der Waals surface area contributed by atoms with Crippen LogP contribution in [0.1, 0.15) is 34.8 Å². The van der Waals surface area contributed by atoms with E-state index in [9.17, 15) is 4.79 Å². The van der Waals surface area contributed by atoms with Crippen molar-refractivity contribution in [2.24, 2.45) is 0 Å². The highest BCUT2D eigenvalue weighted by atomic mass is 79.9. The van der Waals surface area contributed by atoms with Gasteiger partial charge in [-0.2, -0.15) is 0 Å². The third-order valence-corrected chi connectivity index (χ3v) is 3.88. The number of aryl methyl sites for hydroxylation is 2. The van der Waals surface area contributed by atoms with Gasteiger partial charge in [-0.3, -0.25) is 4.79 Å². The van der Waals surface area contributed by atoms with Crippen LogP contribution >= 0.6 is 15.9 Å². The van der Waals surface area contributed by atoms with Gasteiger partial charge in [0.05, 0.1) is 4.47 Å². The van der Waals surface area contributed by atoms with E-state index >= 15 is 0 Å². The summed E-state index contributed by atoms with van der Waals surface area (Å²) >= 11 is 3.44. The number of ether oxygens (including phenoxy) is 1. The molecule has 0 heterocycles. The number of carbonyl (C=O) groups is 1. The maximum atomic E-state index is 12.1. The predicted octanol–water partition coefficient (Wildman–Crippen LogP) is 4.97. The summed E-state index contributed by atoms with van der Waals surface area (Å²) in [5.41, 5.74) is 3.10. The highest BCUT2D eigenvalue weighted by Gasteiger charge is 2.08. The molecular formula is C18H19BrO2.